The quantitative estimate of drug-likeness (QED) is 0.0463. The molecule has 0 aliphatic rings. The maximum Gasteiger partial charge on any atom is 0.513 e. The summed E-state index contributed by atoms with van der Waals surface area (Å²) < 4.78 is 23.3. The first kappa shape index (κ1) is 42.5. The van der Waals surface area contributed by atoms with E-state index in [1.165, 1.54) is 49.7 Å². The minimum Gasteiger partial charge on any atom is -0.434 e. The van der Waals surface area contributed by atoms with Gasteiger partial charge in [0.1, 0.15) is 11.5 Å². The van der Waals surface area contributed by atoms with Gasteiger partial charge in [-0.15, -0.1) is 0 Å². The van der Waals surface area contributed by atoms with Crippen molar-refractivity contribution in [3.8, 4) is 22.6 Å². The fraction of sp³-hybridized carbons (Fsp3) is 0.423. The number of unbranched alkanes of at least 4 members (excludes halogenated alkanes) is 2. The highest BCUT2D eigenvalue weighted by Gasteiger charge is 2.26. The molecule has 0 bridgehead atoms. The molecule has 0 N–H and O–H groups in total. The van der Waals surface area contributed by atoms with Gasteiger partial charge in [-0.2, -0.15) is 0 Å². The van der Waals surface area contributed by atoms with Crippen LogP contribution >= 0.6 is 0 Å². The Morgan fingerprint density at radius 1 is 0.466 bits per heavy atom. The average Bonchev–Trinajstić information content (AvgIpc) is 3.25. The van der Waals surface area contributed by atoms with Gasteiger partial charge in [-0.1, -0.05) is 178 Å². The van der Waals surface area contributed by atoms with Crippen LogP contribution < -0.4 is 9.47 Å². The third-order valence-electron chi connectivity index (χ3n) is 11.7. The second-order valence-corrected chi connectivity index (χ2v) is 15.9. The summed E-state index contributed by atoms with van der Waals surface area (Å²) in [6, 6.07) is 29.7. The van der Waals surface area contributed by atoms with E-state index in [0.29, 0.717) is 36.2 Å². The van der Waals surface area contributed by atoms with Crippen LogP contribution in [0.5, 0.6) is 11.5 Å². The smallest absolute Gasteiger partial charge is 0.434 e. The average molecular weight is 783 g/mol. The Balaban J connectivity index is 1.72. The van der Waals surface area contributed by atoms with E-state index < -0.39 is 12.3 Å². The summed E-state index contributed by atoms with van der Waals surface area (Å²) >= 11 is 0. The first-order valence-electron chi connectivity index (χ1n) is 22.0. The molecule has 0 saturated heterocycles. The summed E-state index contributed by atoms with van der Waals surface area (Å²) in [5.41, 5.74) is 4.61. The van der Waals surface area contributed by atoms with Gasteiger partial charge in [-0.05, 0) is 81.3 Å². The Labute approximate surface area is 345 Å². The lowest BCUT2D eigenvalue weighted by Crippen LogP contribution is -2.12. The van der Waals surface area contributed by atoms with Gasteiger partial charge in [0.15, 0.2) is 0 Å². The molecule has 58 heavy (non-hydrogen) atoms. The van der Waals surface area contributed by atoms with E-state index in [1.54, 1.807) is 0 Å². The Morgan fingerprint density at radius 3 is 1.21 bits per heavy atom. The Bertz CT molecular complexity index is 2180. The molecule has 0 saturated carbocycles. The molecule has 6 nitrogen and oxygen atoms in total. The molecule has 0 spiro atoms. The molecule has 0 aromatic heterocycles. The topological polar surface area (TPSA) is 71.1 Å². The predicted octanol–water partition coefficient (Wildman–Crippen LogP) is 15.3. The standard InChI is InChI=1S/C52H62O6/c1-7-13-19-35(11-5)31-37-25-27-43-45(33-37)47(39-21-15-17-23-41(39)49(43)57-51(53)55-29-9-3)48-40-22-16-18-24-42(40)50(58-52(54)56-30-10-4)44-28-26-38(34-46(44)48)32-36(12-6)20-14-8-2/h15-18,21-28,33-36H,7-14,19-20,29-32H2,1-6H3. The summed E-state index contributed by atoms with van der Waals surface area (Å²) in [4.78, 5) is 26.5. The van der Waals surface area contributed by atoms with Crippen LogP contribution in [0.4, 0.5) is 9.59 Å². The van der Waals surface area contributed by atoms with Gasteiger partial charge in [0.25, 0.3) is 0 Å². The monoisotopic (exact) mass is 782 g/mol. The van der Waals surface area contributed by atoms with Gasteiger partial charge < -0.3 is 18.9 Å². The number of carbonyl (C=O) groups is 2. The largest absolute Gasteiger partial charge is 0.513 e. The minimum absolute atomic E-state index is 0.283. The van der Waals surface area contributed by atoms with E-state index in [1.807, 2.05) is 38.1 Å². The van der Waals surface area contributed by atoms with Crippen molar-refractivity contribution < 1.29 is 28.5 Å². The molecule has 306 valence electrons. The van der Waals surface area contributed by atoms with Gasteiger partial charge in [-0.25, -0.2) is 9.59 Å². The fourth-order valence-corrected chi connectivity index (χ4v) is 8.53. The SMILES string of the molecule is CCCCC(CC)Cc1ccc2c(OC(=O)OCCC)c3ccccc3c(-c3c4ccccc4c(OC(=O)OCCC)c4ccc(CC(CC)CCCC)cc34)c2c1. The van der Waals surface area contributed by atoms with Crippen molar-refractivity contribution in [3.05, 3.63) is 96.1 Å². The summed E-state index contributed by atoms with van der Waals surface area (Å²) in [5.74, 6) is 2.12. The van der Waals surface area contributed by atoms with Crippen LogP contribution in [0.2, 0.25) is 0 Å². The van der Waals surface area contributed by atoms with Crippen molar-refractivity contribution in [3.63, 3.8) is 0 Å². The van der Waals surface area contributed by atoms with Gasteiger partial charge in [-0.3, -0.25) is 0 Å². The lowest BCUT2D eigenvalue weighted by atomic mass is 9.83. The van der Waals surface area contributed by atoms with Crippen LogP contribution in [0, 0.1) is 11.8 Å². The van der Waals surface area contributed by atoms with E-state index in [4.69, 9.17) is 18.9 Å². The summed E-state index contributed by atoms with van der Waals surface area (Å²) in [6.07, 6.45) is 11.3. The predicted molar refractivity (Wildman–Crippen MR) is 240 cm³/mol. The number of fused-ring (bicyclic) bond motifs is 4. The molecule has 6 rings (SSSR count). The normalized spacial score (nSPS) is 12.6. The molecule has 6 heteroatoms. The van der Waals surface area contributed by atoms with E-state index in [9.17, 15) is 9.59 Å². The molecule has 0 aliphatic heterocycles. The summed E-state index contributed by atoms with van der Waals surface area (Å²) in [6.45, 7) is 13.6. The maximum absolute atomic E-state index is 13.2. The van der Waals surface area contributed by atoms with Crippen LogP contribution in [0.15, 0.2) is 84.9 Å². The van der Waals surface area contributed by atoms with Gasteiger partial charge in [0, 0.05) is 21.5 Å². The zero-order chi connectivity index (χ0) is 41.0. The fourth-order valence-electron chi connectivity index (χ4n) is 8.53. The molecule has 0 aliphatic carbocycles. The second kappa shape index (κ2) is 20.5. The van der Waals surface area contributed by atoms with E-state index in [-0.39, 0.29) is 13.2 Å². The number of hydrogen-bond acceptors (Lipinski definition) is 6. The van der Waals surface area contributed by atoms with Crippen LogP contribution in [0.25, 0.3) is 54.2 Å². The Hall–Kier alpha value is -5.10. The summed E-state index contributed by atoms with van der Waals surface area (Å²) in [5, 5.41) is 7.26. The molecular formula is C52H62O6. The van der Waals surface area contributed by atoms with Crippen LogP contribution in [-0.4, -0.2) is 25.5 Å². The molecule has 0 radical (unpaired) electrons. The second-order valence-electron chi connectivity index (χ2n) is 15.9. The van der Waals surface area contributed by atoms with Crippen molar-refractivity contribution in [2.75, 3.05) is 13.2 Å². The Kier molecular flexibility index (Phi) is 15.1. The van der Waals surface area contributed by atoms with E-state index >= 15 is 0 Å². The molecule has 2 atom stereocenters. The van der Waals surface area contributed by atoms with Gasteiger partial charge >= 0.3 is 12.3 Å². The number of benzene rings is 6. The Morgan fingerprint density at radius 2 is 0.845 bits per heavy atom. The first-order chi connectivity index (χ1) is 28.3. The molecule has 6 aromatic rings. The number of ether oxygens (including phenoxy) is 4. The van der Waals surface area contributed by atoms with Crippen molar-refractivity contribution in [1.82, 2.24) is 0 Å². The van der Waals surface area contributed by atoms with Crippen LogP contribution in [0.3, 0.4) is 0 Å². The highest BCUT2D eigenvalue weighted by Crippen LogP contribution is 2.50. The van der Waals surface area contributed by atoms with Crippen LogP contribution in [0.1, 0.15) is 117 Å². The molecular weight excluding hydrogens is 721 g/mol. The maximum atomic E-state index is 13.2. The molecule has 0 amide bonds. The van der Waals surface area contributed by atoms with Crippen molar-refractivity contribution >= 4 is 55.4 Å². The third-order valence-corrected chi connectivity index (χ3v) is 11.7. The zero-order valence-corrected chi connectivity index (χ0v) is 35.6. The number of carbonyl (C=O) groups excluding carboxylic acids is 2. The molecule has 0 fully saturated rings. The third kappa shape index (κ3) is 9.60. The lowest BCUT2D eigenvalue weighted by molar-refractivity contribution is 0.0991. The molecule has 2 unspecified atom stereocenters. The minimum atomic E-state index is -0.707. The zero-order valence-electron chi connectivity index (χ0n) is 35.6. The first-order valence-corrected chi connectivity index (χ1v) is 22.0. The highest BCUT2D eigenvalue weighted by molar-refractivity contribution is 6.27. The van der Waals surface area contributed by atoms with E-state index in [2.05, 4.69) is 88.4 Å². The van der Waals surface area contributed by atoms with Crippen LogP contribution in [-0.2, 0) is 22.3 Å². The number of hydrogen-bond donors (Lipinski definition) is 0. The molecule has 0 heterocycles. The highest BCUT2D eigenvalue weighted by atomic mass is 16.7. The number of rotatable bonds is 19. The van der Waals surface area contributed by atoms with E-state index in [0.717, 1.165) is 79.9 Å². The van der Waals surface area contributed by atoms with Crippen molar-refractivity contribution in [1.29, 1.82) is 0 Å². The molecule has 6 aromatic carbocycles. The van der Waals surface area contributed by atoms with Gasteiger partial charge in [0.05, 0.1) is 13.2 Å². The lowest BCUT2D eigenvalue weighted by Gasteiger charge is -2.23. The van der Waals surface area contributed by atoms with Gasteiger partial charge in [0.2, 0.25) is 0 Å². The summed E-state index contributed by atoms with van der Waals surface area (Å²) in [7, 11) is 0. The van der Waals surface area contributed by atoms with Crippen molar-refractivity contribution in [2.24, 2.45) is 11.8 Å². The van der Waals surface area contributed by atoms with Crippen molar-refractivity contribution in [2.45, 2.75) is 119 Å².